The zero-order valence-electron chi connectivity index (χ0n) is 13.5. The van der Waals surface area contributed by atoms with E-state index in [1.54, 1.807) is 0 Å². The van der Waals surface area contributed by atoms with Crippen LogP contribution in [0.25, 0.3) is 0 Å². The van der Waals surface area contributed by atoms with Crippen molar-refractivity contribution in [2.45, 2.75) is 39.2 Å². The lowest BCUT2D eigenvalue weighted by molar-refractivity contribution is 0.0967. The minimum absolute atomic E-state index is 0.106. The molecule has 0 spiro atoms. The Balaban J connectivity index is 1.73. The van der Waals surface area contributed by atoms with Gasteiger partial charge in [0.2, 0.25) is 0 Å². The Morgan fingerprint density at radius 2 is 1.95 bits per heavy atom. The van der Waals surface area contributed by atoms with Crippen molar-refractivity contribution in [3.8, 4) is 5.75 Å². The molecule has 2 rings (SSSR count). The van der Waals surface area contributed by atoms with Gasteiger partial charge in [0.25, 0.3) is 0 Å². The van der Waals surface area contributed by atoms with Gasteiger partial charge in [0.15, 0.2) is 0 Å². The molecule has 1 atom stereocenters. The second kappa shape index (κ2) is 8.63. The van der Waals surface area contributed by atoms with Gasteiger partial charge in [-0.1, -0.05) is 6.92 Å². The fourth-order valence-electron chi connectivity index (χ4n) is 2.55. The molecule has 1 heterocycles. The van der Waals surface area contributed by atoms with Gasteiger partial charge >= 0.3 is 6.09 Å². The zero-order chi connectivity index (χ0) is 15.8. The van der Waals surface area contributed by atoms with E-state index < -0.39 is 6.09 Å². The summed E-state index contributed by atoms with van der Waals surface area (Å²) in [6, 6.07) is 7.33. The number of nitrogens with zero attached hydrogens (tertiary/aromatic N) is 1. The summed E-state index contributed by atoms with van der Waals surface area (Å²) >= 11 is 0. The van der Waals surface area contributed by atoms with E-state index in [1.807, 2.05) is 31.2 Å². The maximum absolute atomic E-state index is 11.9. The highest BCUT2D eigenvalue weighted by atomic mass is 16.6. The van der Waals surface area contributed by atoms with Crippen molar-refractivity contribution in [1.29, 1.82) is 0 Å². The molecule has 0 aromatic heterocycles. The van der Waals surface area contributed by atoms with Crippen molar-refractivity contribution < 1.29 is 14.3 Å². The Hall–Kier alpha value is -1.75. The van der Waals surface area contributed by atoms with Gasteiger partial charge in [-0.15, -0.1) is 0 Å². The number of anilines is 1. The van der Waals surface area contributed by atoms with Gasteiger partial charge in [0.1, 0.15) is 11.9 Å². The number of likely N-dealkylation sites (tertiary alicyclic amines) is 1. The third kappa shape index (κ3) is 5.56. The molecule has 1 aromatic carbocycles. The van der Waals surface area contributed by atoms with Crippen LogP contribution in [-0.2, 0) is 4.74 Å². The number of hydrogen-bond donors (Lipinski definition) is 1. The molecule has 5 heteroatoms. The largest absolute Gasteiger partial charge is 0.494 e. The molecular weight excluding hydrogens is 280 g/mol. The van der Waals surface area contributed by atoms with E-state index in [2.05, 4.69) is 17.1 Å². The number of amides is 1. The van der Waals surface area contributed by atoms with Crippen LogP contribution in [-0.4, -0.2) is 43.3 Å². The topological polar surface area (TPSA) is 50.8 Å². The first-order valence-corrected chi connectivity index (χ1v) is 8.10. The summed E-state index contributed by atoms with van der Waals surface area (Å²) in [6.07, 6.45) is 2.94. The van der Waals surface area contributed by atoms with Crippen LogP contribution in [0.2, 0.25) is 0 Å². The molecule has 1 aromatic rings. The Kier molecular flexibility index (Phi) is 6.52. The average molecular weight is 306 g/mol. The number of benzene rings is 1. The molecule has 22 heavy (non-hydrogen) atoms. The molecule has 0 aliphatic carbocycles. The van der Waals surface area contributed by atoms with Crippen molar-refractivity contribution in [1.82, 2.24) is 4.90 Å². The Bertz CT molecular complexity index is 455. The molecule has 0 radical (unpaired) electrons. The van der Waals surface area contributed by atoms with Gasteiger partial charge < -0.3 is 9.47 Å². The van der Waals surface area contributed by atoms with Gasteiger partial charge in [0.05, 0.1) is 6.61 Å². The number of carbonyl (C=O) groups is 1. The van der Waals surface area contributed by atoms with Crippen LogP contribution in [0.15, 0.2) is 24.3 Å². The van der Waals surface area contributed by atoms with E-state index in [-0.39, 0.29) is 6.10 Å². The van der Waals surface area contributed by atoms with E-state index in [1.165, 1.54) is 12.8 Å². The van der Waals surface area contributed by atoms with Gasteiger partial charge in [-0.3, -0.25) is 10.2 Å². The molecule has 0 bridgehead atoms. The molecule has 5 nitrogen and oxygen atoms in total. The van der Waals surface area contributed by atoms with E-state index in [0.29, 0.717) is 12.3 Å². The van der Waals surface area contributed by atoms with Crippen molar-refractivity contribution in [2.75, 3.05) is 31.6 Å². The smallest absolute Gasteiger partial charge is 0.411 e. The second-order valence-electron chi connectivity index (χ2n) is 5.72. The monoisotopic (exact) mass is 306 g/mol. The number of nitrogens with one attached hydrogen (secondary N) is 1. The first kappa shape index (κ1) is 16.6. The molecule has 1 saturated heterocycles. The van der Waals surface area contributed by atoms with Gasteiger partial charge in [0, 0.05) is 12.2 Å². The highest BCUT2D eigenvalue weighted by molar-refractivity contribution is 5.84. The molecule has 1 amide bonds. The lowest BCUT2D eigenvalue weighted by Crippen LogP contribution is -2.32. The molecule has 1 aliphatic heterocycles. The third-order valence-electron chi connectivity index (χ3n) is 3.60. The minimum Gasteiger partial charge on any atom is -0.494 e. The normalized spacial score (nSPS) is 16.3. The van der Waals surface area contributed by atoms with Crippen LogP contribution < -0.4 is 10.1 Å². The summed E-state index contributed by atoms with van der Waals surface area (Å²) in [7, 11) is 0. The molecule has 1 aliphatic rings. The lowest BCUT2D eigenvalue weighted by atomic mass is 10.3. The Labute approximate surface area is 132 Å². The second-order valence-corrected chi connectivity index (χ2v) is 5.72. The maximum atomic E-state index is 11.9. The van der Waals surface area contributed by atoms with Gasteiger partial charge in [-0.05, 0) is 63.5 Å². The summed E-state index contributed by atoms with van der Waals surface area (Å²) in [5, 5.41) is 2.75. The molecule has 0 saturated carbocycles. The van der Waals surface area contributed by atoms with Crippen LogP contribution in [0.5, 0.6) is 5.75 Å². The molecule has 1 unspecified atom stereocenters. The Morgan fingerprint density at radius 3 is 2.59 bits per heavy atom. The van der Waals surface area contributed by atoms with Crippen LogP contribution in [0.1, 0.15) is 33.1 Å². The van der Waals surface area contributed by atoms with E-state index in [4.69, 9.17) is 9.47 Å². The molecular formula is C17H26N2O3. The molecule has 122 valence electrons. The van der Waals surface area contributed by atoms with Crippen molar-refractivity contribution in [3.05, 3.63) is 24.3 Å². The standard InChI is InChI=1S/C17H26N2O3/c1-3-12-21-16-8-6-15(7-9-16)18-17(20)22-14(2)13-19-10-4-5-11-19/h6-9,14H,3-5,10-13H2,1-2H3,(H,18,20). The predicted octanol–water partition coefficient (Wildman–Crippen LogP) is 3.51. The number of rotatable bonds is 7. The SMILES string of the molecule is CCCOc1ccc(NC(=O)OC(C)CN2CCCC2)cc1. The van der Waals surface area contributed by atoms with Crippen molar-refractivity contribution in [2.24, 2.45) is 0 Å². The first-order chi connectivity index (χ1) is 10.7. The summed E-state index contributed by atoms with van der Waals surface area (Å²) in [6.45, 7) is 7.71. The minimum atomic E-state index is -0.408. The predicted molar refractivity (Wildman–Crippen MR) is 87.5 cm³/mol. The summed E-state index contributed by atoms with van der Waals surface area (Å²) < 4.78 is 10.9. The first-order valence-electron chi connectivity index (χ1n) is 8.10. The van der Waals surface area contributed by atoms with Crippen LogP contribution >= 0.6 is 0 Å². The Morgan fingerprint density at radius 1 is 1.27 bits per heavy atom. The number of hydrogen-bond acceptors (Lipinski definition) is 4. The average Bonchev–Trinajstić information content (AvgIpc) is 2.99. The molecule has 1 N–H and O–H groups in total. The highest BCUT2D eigenvalue weighted by Gasteiger charge is 2.17. The van der Waals surface area contributed by atoms with Crippen molar-refractivity contribution >= 4 is 11.8 Å². The van der Waals surface area contributed by atoms with Crippen molar-refractivity contribution in [3.63, 3.8) is 0 Å². The third-order valence-corrected chi connectivity index (χ3v) is 3.60. The summed E-state index contributed by atoms with van der Waals surface area (Å²) in [5.74, 6) is 0.808. The van der Waals surface area contributed by atoms with Gasteiger partial charge in [-0.2, -0.15) is 0 Å². The van der Waals surface area contributed by atoms with E-state index in [9.17, 15) is 4.79 Å². The van der Waals surface area contributed by atoms with E-state index in [0.717, 1.165) is 31.8 Å². The fraction of sp³-hybridized carbons (Fsp3) is 0.588. The zero-order valence-corrected chi connectivity index (χ0v) is 13.5. The van der Waals surface area contributed by atoms with Crippen LogP contribution in [0.4, 0.5) is 10.5 Å². The van der Waals surface area contributed by atoms with Crippen LogP contribution in [0.3, 0.4) is 0 Å². The van der Waals surface area contributed by atoms with E-state index >= 15 is 0 Å². The fourth-order valence-corrected chi connectivity index (χ4v) is 2.55. The number of ether oxygens (including phenoxy) is 2. The van der Waals surface area contributed by atoms with Gasteiger partial charge in [-0.25, -0.2) is 4.79 Å². The maximum Gasteiger partial charge on any atom is 0.411 e. The summed E-state index contributed by atoms with van der Waals surface area (Å²) in [4.78, 5) is 14.2. The van der Waals surface area contributed by atoms with Crippen LogP contribution in [0, 0.1) is 0 Å². The lowest BCUT2D eigenvalue weighted by Gasteiger charge is -2.20. The highest BCUT2D eigenvalue weighted by Crippen LogP contribution is 2.16. The quantitative estimate of drug-likeness (QED) is 0.837. The summed E-state index contributed by atoms with van der Waals surface area (Å²) in [5.41, 5.74) is 0.710. The molecule has 1 fully saturated rings. The number of carbonyl (C=O) groups excluding carboxylic acids is 1.